The van der Waals surface area contributed by atoms with Crippen LogP contribution >= 0.6 is 0 Å². The maximum absolute atomic E-state index is 8.80. The lowest BCUT2D eigenvalue weighted by Crippen LogP contribution is -1.97. The zero-order chi connectivity index (χ0) is 9.52. The SMILES string of the molecule is CC=CCOc1cccc(CO)n1. The predicted octanol–water partition coefficient (Wildman–Crippen LogP) is 1.53. The summed E-state index contributed by atoms with van der Waals surface area (Å²) in [5.74, 6) is 0.546. The average molecular weight is 179 g/mol. The van der Waals surface area contributed by atoms with E-state index in [1.807, 2.05) is 25.1 Å². The molecule has 0 aliphatic heterocycles. The summed E-state index contributed by atoms with van der Waals surface area (Å²) in [7, 11) is 0. The van der Waals surface area contributed by atoms with Crippen molar-refractivity contribution >= 4 is 0 Å². The van der Waals surface area contributed by atoms with Crippen LogP contribution in [-0.2, 0) is 6.61 Å². The monoisotopic (exact) mass is 179 g/mol. The standard InChI is InChI=1S/C10H13NO2/c1-2-3-7-13-10-6-4-5-9(8-12)11-10/h2-6,12H,7-8H2,1H3. The highest BCUT2D eigenvalue weighted by molar-refractivity contribution is 5.15. The largest absolute Gasteiger partial charge is 0.473 e. The molecule has 0 fully saturated rings. The molecule has 0 aliphatic carbocycles. The molecular weight excluding hydrogens is 166 g/mol. The van der Waals surface area contributed by atoms with Crippen molar-refractivity contribution in [2.75, 3.05) is 6.61 Å². The lowest BCUT2D eigenvalue weighted by molar-refractivity contribution is 0.272. The van der Waals surface area contributed by atoms with E-state index >= 15 is 0 Å². The molecule has 0 saturated carbocycles. The molecule has 1 N–H and O–H groups in total. The van der Waals surface area contributed by atoms with Gasteiger partial charge in [-0.15, -0.1) is 0 Å². The third-order valence-corrected chi connectivity index (χ3v) is 1.51. The second-order valence-electron chi connectivity index (χ2n) is 2.51. The average Bonchev–Trinajstić information content (AvgIpc) is 2.19. The molecular formula is C10H13NO2. The van der Waals surface area contributed by atoms with E-state index in [4.69, 9.17) is 9.84 Å². The van der Waals surface area contributed by atoms with Crippen molar-refractivity contribution in [1.29, 1.82) is 0 Å². The molecule has 0 aliphatic rings. The van der Waals surface area contributed by atoms with Crippen LogP contribution < -0.4 is 4.74 Å². The summed E-state index contributed by atoms with van der Waals surface area (Å²) in [6, 6.07) is 5.33. The molecule has 0 bridgehead atoms. The normalized spacial score (nSPS) is 10.6. The molecule has 1 aromatic rings. The fourth-order valence-corrected chi connectivity index (χ4v) is 0.856. The van der Waals surface area contributed by atoms with Gasteiger partial charge in [0.15, 0.2) is 0 Å². The number of rotatable bonds is 4. The van der Waals surface area contributed by atoms with Gasteiger partial charge in [-0.2, -0.15) is 0 Å². The van der Waals surface area contributed by atoms with Gasteiger partial charge < -0.3 is 9.84 Å². The first-order valence-electron chi connectivity index (χ1n) is 4.17. The van der Waals surface area contributed by atoms with Crippen LogP contribution in [0.2, 0.25) is 0 Å². The molecule has 0 aromatic carbocycles. The van der Waals surface area contributed by atoms with Gasteiger partial charge in [-0.05, 0) is 13.0 Å². The van der Waals surface area contributed by atoms with E-state index in [1.165, 1.54) is 0 Å². The second-order valence-corrected chi connectivity index (χ2v) is 2.51. The number of ether oxygens (including phenoxy) is 1. The zero-order valence-corrected chi connectivity index (χ0v) is 7.60. The molecule has 0 atom stereocenters. The van der Waals surface area contributed by atoms with Crippen LogP contribution in [0.15, 0.2) is 30.4 Å². The lowest BCUT2D eigenvalue weighted by Gasteiger charge is -2.02. The van der Waals surface area contributed by atoms with Crippen LogP contribution in [0.1, 0.15) is 12.6 Å². The van der Waals surface area contributed by atoms with Crippen LogP contribution in [0.3, 0.4) is 0 Å². The molecule has 0 amide bonds. The highest BCUT2D eigenvalue weighted by atomic mass is 16.5. The van der Waals surface area contributed by atoms with Gasteiger partial charge in [0.2, 0.25) is 5.88 Å². The number of allylic oxidation sites excluding steroid dienone is 1. The van der Waals surface area contributed by atoms with Gasteiger partial charge in [-0.3, -0.25) is 0 Å². The van der Waals surface area contributed by atoms with Gasteiger partial charge in [0.05, 0.1) is 12.3 Å². The Morgan fingerprint density at radius 2 is 2.38 bits per heavy atom. The van der Waals surface area contributed by atoms with Crippen molar-refractivity contribution in [3.05, 3.63) is 36.0 Å². The van der Waals surface area contributed by atoms with Crippen molar-refractivity contribution in [3.8, 4) is 5.88 Å². The van der Waals surface area contributed by atoms with Gasteiger partial charge in [0.25, 0.3) is 0 Å². The zero-order valence-electron chi connectivity index (χ0n) is 7.60. The summed E-state index contributed by atoms with van der Waals surface area (Å²) < 4.78 is 5.28. The van der Waals surface area contributed by atoms with Gasteiger partial charge in [-0.1, -0.05) is 18.2 Å². The third-order valence-electron chi connectivity index (χ3n) is 1.51. The van der Waals surface area contributed by atoms with Crippen LogP contribution in [0.4, 0.5) is 0 Å². The molecule has 0 unspecified atom stereocenters. The Hall–Kier alpha value is -1.35. The molecule has 0 spiro atoms. The first-order valence-corrected chi connectivity index (χ1v) is 4.17. The summed E-state index contributed by atoms with van der Waals surface area (Å²) >= 11 is 0. The van der Waals surface area contributed by atoms with Crippen molar-refractivity contribution in [2.24, 2.45) is 0 Å². The molecule has 1 rings (SSSR count). The van der Waals surface area contributed by atoms with Crippen LogP contribution in [-0.4, -0.2) is 16.7 Å². The number of aromatic nitrogens is 1. The Kier molecular flexibility index (Phi) is 3.99. The molecule has 70 valence electrons. The van der Waals surface area contributed by atoms with E-state index in [0.717, 1.165) is 0 Å². The van der Waals surface area contributed by atoms with E-state index in [9.17, 15) is 0 Å². The fraction of sp³-hybridized carbons (Fsp3) is 0.300. The maximum Gasteiger partial charge on any atom is 0.213 e. The van der Waals surface area contributed by atoms with Gasteiger partial charge >= 0.3 is 0 Å². The fourth-order valence-electron chi connectivity index (χ4n) is 0.856. The summed E-state index contributed by atoms with van der Waals surface area (Å²) in [6.07, 6.45) is 3.81. The van der Waals surface area contributed by atoms with Crippen molar-refractivity contribution in [3.63, 3.8) is 0 Å². The number of aliphatic hydroxyl groups excluding tert-OH is 1. The number of pyridine rings is 1. The van der Waals surface area contributed by atoms with E-state index < -0.39 is 0 Å². The van der Waals surface area contributed by atoms with Gasteiger partial charge in [0, 0.05) is 6.07 Å². The lowest BCUT2D eigenvalue weighted by atomic mass is 10.4. The molecule has 1 aromatic heterocycles. The minimum atomic E-state index is -0.0547. The number of nitrogens with zero attached hydrogens (tertiary/aromatic N) is 1. The highest BCUT2D eigenvalue weighted by Crippen LogP contribution is 2.07. The number of hydrogen-bond acceptors (Lipinski definition) is 3. The minimum Gasteiger partial charge on any atom is -0.473 e. The summed E-state index contributed by atoms with van der Waals surface area (Å²) in [6.45, 7) is 2.39. The summed E-state index contributed by atoms with van der Waals surface area (Å²) in [5, 5.41) is 8.80. The van der Waals surface area contributed by atoms with Crippen LogP contribution in [0.5, 0.6) is 5.88 Å². The van der Waals surface area contributed by atoms with Crippen LogP contribution in [0.25, 0.3) is 0 Å². The molecule has 0 saturated heterocycles. The van der Waals surface area contributed by atoms with Gasteiger partial charge in [-0.25, -0.2) is 4.98 Å². The molecule has 0 radical (unpaired) electrons. The smallest absolute Gasteiger partial charge is 0.213 e. The van der Waals surface area contributed by atoms with Crippen molar-refractivity contribution in [1.82, 2.24) is 4.98 Å². The summed E-state index contributed by atoms with van der Waals surface area (Å²) in [4.78, 5) is 4.06. The van der Waals surface area contributed by atoms with E-state index in [1.54, 1.807) is 12.1 Å². The number of hydrogen-bond donors (Lipinski definition) is 1. The molecule has 3 heteroatoms. The predicted molar refractivity (Wildman–Crippen MR) is 50.5 cm³/mol. The van der Waals surface area contributed by atoms with E-state index in [2.05, 4.69) is 4.98 Å². The Labute approximate surface area is 77.7 Å². The third kappa shape index (κ3) is 3.25. The first-order chi connectivity index (χ1) is 6.36. The Morgan fingerprint density at radius 1 is 1.54 bits per heavy atom. The van der Waals surface area contributed by atoms with Crippen LogP contribution in [0, 0.1) is 0 Å². The van der Waals surface area contributed by atoms with Crippen molar-refractivity contribution in [2.45, 2.75) is 13.5 Å². The molecule has 3 nitrogen and oxygen atoms in total. The second kappa shape index (κ2) is 5.32. The van der Waals surface area contributed by atoms with Gasteiger partial charge in [0.1, 0.15) is 6.61 Å². The minimum absolute atomic E-state index is 0.0547. The quantitative estimate of drug-likeness (QED) is 0.713. The first kappa shape index (κ1) is 9.74. The Bertz CT molecular complexity index is 284. The summed E-state index contributed by atoms with van der Waals surface area (Å²) in [5.41, 5.74) is 0.623. The van der Waals surface area contributed by atoms with Crippen molar-refractivity contribution < 1.29 is 9.84 Å². The Morgan fingerprint density at radius 3 is 3.08 bits per heavy atom. The highest BCUT2D eigenvalue weighted by Gasteiger charge is 1.95. The maximum atomic E-state index is 8.80. The Balaban J connectivity index is 2.56. The molecule has 1 heterocycles. The molecule has 13 heavy (non-hydrogen) atoms. The van der Waals surface area contributed by atoms with E-state index in [-0.39, 0.29) is 6.61 Å². The topological polar surface area (TPSA) is 42.4 Å². The van der Waals surface area contributed by atoms with E-state index in [0.29, 0.717) is 18.2 Å². The number of aliphatic hydroxyl groups is 1.